The zero-order valence-corrected chi connectivity index (χ0v) is 13.2. The average molecular weight is 271 g/mol. The van der Waals surface area contributed by atoms with E-state index in [0.29, 0.717) is 0 Å². The number of fused-ring (bicyclic) bond motifs is 2. The van der Waals surface area contributed by atoms with Crippen LogP contribution in [0, 0.1) is 17.8 Å². The van der Waals surface area contributed by atoms with Crippen molar-refractivity contribution in [2.24, 2.45) is 17.8 Å². The Bertz CT molecular complexity index is 267. The van der Waals surface area contributed by atoms with Gasteiger partial charge in [-0.3, -0.25) is 0 Å². The van der Waals surface area contributed by atoms with Crippen LogP contribution in [0.5, 0.6) is 0 Å². The molecular weight excluding hydrogens is 244 g/mol. The van der Waals surface area contributed by atoms with Crippen molar-refractivity contribution in [1.82, 2.24) is 0 Å². The van der Waals surface area contributed by atoms with Crippen molar-refractivity contribution in [2.45, 2.75) is 64.1 Å². The molecule has 0 amide bonds. The van der Waals surface area contributed by atoms with E-state index in [0.717, 1.165) is 17.8 Å². The first kappa shape index (κ1) is 13.7. The van der Waals surface area contributed by atoms with E-state index >= 15 is 0 Å². The number of rotatable bonds is 7. The van der Waals surface area contributed by atoms with Crippen molar-refractivity contribution in [3.05, 3.63) is 12.2 Å². The Morgan fingerprint density at radius 3 is 2.41 bits per heavy atom. The largest absolute Gasteiger partial charge is 0.168 e. The third kappa shape index (κ3) is 4.44. The summed E-state index contributed by atoms with van der Waals surface area (Å²) in [6.45, 7) is 4.52. The van der Waals surface area contributed by atoms with Gasteiger partial charge in [-0.15, -0.1) is 0 Å². The molecule has 2 heteroatoms. The van der Waals surface area contributed by atoms with Crippen LogP contribution in [-0.2, 0) is 0 Å². The molecule has 0 aliphatic heterocycles. The van der Waals surface area contributed by atoms with E-state index in [1.165, 1.54) is 51.0 Å². The Balaban J connectivity index is 1.49. The van der Waals surface area contributed by atoms with Gasteiger partial charge in [0.1, 0.15) is 7.38 Å². The fraction of sp³-hybridized carbons (Fsp3) is 0.867. The van der Waals surface area contributed by atoms with E-state index in [9.17, 15) is 0 Å². The first-order valence-corrected chi connectivity index (χ1v) is 11.6. The van der Waals surface area contributed by atoms with Gasteiger partial charge in [-0.25, -0.2) is 0 Å². The summed E-state index contributed by atoms with van der Waals surface area (Å²) in [4.78, 5) is 0. The second-order valence-corrected chi connectivity index (χ2v) is 13.7. The monoisotopic (exact) mass is 270 g/mol. The molecular formula is C15H27ClSi. The fourth-order valence-corrected chi connectivity index (χ4v) is 5.02. The molecule has 2 rings (SSSR count). The van der Waals surface area contributed by atoms with Gasteiger partial charge in [-0.05, 0) is 43.1 Å². The van der Waals surface area contributed by atoms with Gasteiger partial charge < -0.3 is 0 Å². The number of unbranched alkanes of at least 4 members (excludes halogenated alkanes) is 3. The van der Waals surface area contributed by atoms with Crippen molar-refractivity contribution in [3.8, 4) is 0 Å². The van der Waals surface area contributed by atoms with Gasteiger partial charge in [0, 0.05) is 0 Å². The van der Waals surface area contributed by atoms with Crippen LogP contribution < -0.4 is 0 Å². The third-order valence-corrected chi connectivity index (χ3v) is 6.62. The van der Waals surface area contributed by atoms with Gasteiger partial charge in [0.2, 0.25) is 0 Å². The molecule has 0 aromatic rings. The van der Waals surface area contributed by atoms with Crippen LogP contribution in [0.25, 0.3) is 0 Å². The van der Waals surface area contributed by atoms with E-state index in [2.05, 4.69) is 25.2 Å². The highest BCUT2D eigenvalue weighted by atomic mass is 35.6. The Hall–Kier alpha value is 0.247. The summed E-state index contributed by atoms with van der Waals surface area (Å²) in [6, 6.07) is 1.30. The average Bonchev–Trinajstić information content (AvgIpc) is 2.83. The summed E-state index contributed by atoms with van der Waals surface area (Å²) in [5.41, 5.74) is 0. The van der Waals surface area contributed by atoms with Crippen LogP contribution >= 0.6 is 11.1 Å². The molecule has 98 valence electrons. The minimum Gasteiger partial charge on any atom is -0.168 e. The third-order valence-electron chi connectivity index (χ3n) is 4.51. The zero-order chi connectivity index (χ0) is 12.3. The van der Waals surface area contributed by atoms with E-state index < -0.39 is 7.38 Å². The predicted octanol–water partition coefficient (Wildman–Crippen LogP) is 5.59. The lowest BCUT2D eigenvalue weighted by molar-refractivity contribution is 0.395. The molecule has 0 N–H and O–H groups in total. The van der Waals surface area contributed by atoms with Gasteiger partial charge in [-0.2, -0.15) is 11.1 Å². The molecule has 1 fully saturated rings. The molecule has 1 saturated carbocycles. The van der Waals surface area contributed by atoms with Gasteiger partial charge in [0.15, 0.2) is 0 Å². The zero-order valence-electron chi connectivity index (χ0n) is 11.4. The molecule has 0 spiro atoms. The summed E-state index contributed by atoms with van der Waals surface area (Å²) >= 11 is 6.32. The summed E-state index contributed by atoms with van der Waals surface area (Å²) < 4.78 is 0. The van der Waals surface area contributed by atoms with E-state index in [1.54, 1.807) is 0 Å². The Morgan fingerprint density at radius 2 is 1.82 bits per heavy atom. The molecule has 0 saturated heterocycles. The second kappa shape index (κ2) is 5.93. The highest BCUT2D eigenvalue weighted by Gasteiger charge is 2.34. The lowest BCUT2D eigenvalue weighted by atomic mass is 9.88. The molecule has 17 heavy (non-hydrogen) atoms. The highest BCUT2D eigenvalue weighted by molar-refractivity contribution is 7.19. The maximum atomic E-state index is 6.32. The minimum atomic E-state index is -1.29. The quantitative estimate of drug-likeness (QED) is 0.245. The normalized spacial score (nSPS) is 31.4. The molecule has 2 aliphatic carbocycles. The summed E-state index contributed by atoms with van der Waals surface area (Å²) in [5.74, 6) is 2.94. The van der Waals surface area contributed by atoms with Crippen LogP contribution in [0.2, 0.25) is 19.1 Å². The molecule has 0 radical (unpaired) electrons. The standard InChI is InChI=1S/C15H27ClSi/c1-17(2,16)10-6-4-3-5-7-14-11-13-8-9-15(14)12-13/h8-9,13-15H,3-7,10-12H2,1-2H3. The van der Waals surface area contributed by atoms with Crippen LogP contribution in [0.4, 0.5) is 0 Å². The van der Waals surface area contributed by atoms with Gasteiger partial charge >= 0.3 is 0 Å². The fourth-order valence-electron chi connectivity index (χ4n) is 3.53. The molecule has 0 nitrogen and oxygen atoms in total. The minimum absolute atomic E-state index is 0.952. The van der Waals surface area contributed by atoms with E-state index in [4.69, 9.17) is 11.1 Å². The van der Waals surface area contributed by atoms with Crippen molar-refractivity contribution in [1.29, 1.82) is 0 Å². The van der Waals surface area contributed by atoms with Crippen molar-refractivity contribution >= 4 is 18.5 Å². The lowest BCUT2D eigenvalue weighted by Gasteiger charge is -2.17. The maximum Gasteiger partial charge on any atom is 0.150 e. The van der Waals surface area contributed by atoms with E-state index in [-0.39, 0.29) is 0 Å². The van der Waals surface area contributed by atoms with Crippen molar-refractivity contribution in [2.75, 3.05) is 0 Å². The smallest absolute Gasteiger partial charge is 0.150 e. The number of hydrogen-bond donors (Lipinski definition) is 0. The lowest BCUT2D eigenvalue weighted by Crippen LogP contribution is -2.15. The SMILES string of the molecule is C[Si](C)(Cl)CCCCCCC1CC2C=CC1C2. The Kier molecular flexibility index (Phi) is 4.77. The predicted molar refractivity (Wildman–Crippen MR) is 80.1 cm³/mol. The van der Waals surface area contributed by atoms with Gasteiger partial charge in [0.25, 0.3) is 0 Å². The van der Waals surface area contributed by atoms with Crippen LogP contribution in [0.15, 0.2) is 12.2 Å². The number of halogens is 1. The molecule has 3 atom stereocenters. The molecule has 0 heterocycles. The van der Waals surface area contributed by atoms with Crippen molar-refractivity contribution < 1.29 is 0 Å². The molecule has 0 aromatic carbocycles. The molecule has 0 aromatic heterocycles. The Labute approximate surface area is 113 Å². The second-order valence-electron chi connectivity index (χ2n) is 6.71. The number of hydrogen-bond acceptors (Lipinski definition) is 0. The summed E-state index contributed by atoms with van der Waals surface area (Å²) in [6.07, 6.45) is 15.0. The van der Waals surface area contributed by atoms with Crippen molar-refractivity contribution in [3.63, 3.8) is 0 Å². The topological polar surface area (TPSA) is 0 Å². The van der Waals surface area contributed by atoms with Crippen LogP contribution in [-0.4, -0.2) is 7.38 Å². The maximum absolute atomic E-state index is 6.32. The van der Waals surface area contributed by atoms with Crippen LogP contribution in [0.3, 0.4) is 0 Å². The van der Waals surface area contributed by atoms with Gasteiger partial charge in [-0.1, -0.05) is 50.9 Å². The van der Waals surface area contributed by atoms with E-state index in [1.807, 2.05) is 0 Å². The highest BCUT2D eigenvalue weighted by Crippen LogP contribution is 2.45. The number of allylic oxidation sites excluding steroid dienone is 2. The molecule has 2 aliphatic rings. The molecule has 2 bridgehead atoms. The Morgan fingerprint density at radius 1 is 1.06 bits per heavy atom. The van der Waals surface area contributed by atoms with Gasteiger partial charge in [0.05, 0.1) is 0 Å². The summed E-state index contributed by atoms with van der Waals surface area (Å²) in [7, 11) is -1.29. The molecule has 3 unspecified atom stereocenters. The first-order valence-electron chi connectivity index (χ1n) is 7.42. The van der Waals surface area contributed by atoms with Crippen LogP contribution in [0.1, 0.15) is 44.9 Å². The first-order chi connectivity index (χ1) is 8.04. The summed E-state index contributed by atoms with van der Waals surface area (Å²) in [5, 5.41) is 0.